The smallest absolute Gasteiger partial charge is 0.113 e. The second kappa shape index (κ2) is 6.10. The van der Waals surface area contributed by atoms with Gasteiger partial charge < -0.3 is 4.74 Å². The first-order chi connectivity index (χ1) is 9.43. The Kier molecular flexibility index (Phi) is 4.02. The molecule has 1 aromatic carbocycles. The molecule has 1 fully saturated rings. The molecule has 0 saturated carbocycles. The minimum absolute atomic E-state index is 0.699. The zero-order valence-corrected chi connectivity index (χ0v) is 11.0. The number of rotatable bonds is 5. The van der Waals surface area contributed by atoms with Crippen molar-refractivity contribution in [3.8, 4) is 0 Å². The highest BCUT2D eigenvalue weighted by atomic mass is 16.5. The predicted octanol–water partition coefficient (Wildman–Crippen LogP) is 0.311. The Bertz CT molecular complexity index is 520. The van der Waals surface area contributed by atoms with E-state index < -0.39 is 0 Å². The average Bonchev–Trinajstić information content (AvgIpc) is 2.88. The van der Waals surface area contributed by atoms with Gasteiger partial charge in [-0.05, 0) is 12.1 Å². The SMILES string of the molecule is c1ccc2c(c1)nnn2CNCCN1CCOCC1. The highest BCUT2D eigenvalue weighted by Gasteiger charge is 2.09. The molecule has 0 aliphatic carbocycles. The van der Waals surface area contributed by atoms with E-state index in [1.807, 2.05) is 28.9 Å². The molecule has 6 nitrogen and oxygen atoms in total. The third-order valence-corrected chi connectivity index (χ3v) is 3.39. The van der Waals surface area contributed by atoms with Crippen LogP contribution in [0.1, 0.15) is 0 Å². The number of fused-ring (bicyclic) bond motifs is 1. The van der Waals surface area contributed by atoms with E-state index in [-0.39, 0.29) is 0 Å². The molecule has 1 saturated heterocycles. The number of aromatic nitrogens is 3. The number of nitrogens with one attached hydrogen (secondary N) is 1. The summed E-state index contributed by atoms with van der Waals surface area (Å²) in [5.41, 5.74) is 2.01. The van der Waals surface area contributed by atoms with Gasteiger partial charge in [-0.3, -0.25) is 10.2 Å². The Morgan fingerprint density at radius 3 is 2.95 bits per heavy atom. The zero-order chi connectivity index (χ0) is 12.9. The van der Waals surface area contributed by atoms with Crippen molar-refractivity contribution in [2.24, 2.45) is 0 Å². The van der Waals surface area contributed by atoms with Crippen LogP contribution in [-0.2, 0) is 11.4 Å². The molecule has 0 atom stereocenters. The van der Waals surface area contributed by atoms with Crippen molar-refractivity contribution in [3.63, 3.8) is 0 Å². The quantitative estimate of drug-likeness (QED) is 0.785. The Morgan fingerprint density at radius 2 is 2.05 bits per heavy atom. The molecule has 1 aliphatic rings. The van der Waals surface area contributed by atoms with Gasteiger partial charge in [-0.1, -0.05) is 17.3 Å². The van der Waals surface area contributed by atoms with E-state index in [1.54, 1.807) is 0 Å². The molecule has 2 heterocycles. The summed E-state index contributed by atoms with van der Waals surface area (Å²) in [6.07, 6.45) is 0. The summed E-state index contributed by atoms with van der Waals surface area (Å²) in [6, 6.07) is 8.01. The van der Waals surface area contributed by atoms with Crippen LogP contribution in [0, 0.1) is 0 Å². The highest BCUT2D eigenvalue weighted by molar-refractivity contribution is 5.73. The number of hydrogen-bond acceptors (Lipinski definition) is 5. The van der Waals surface area contributed by atoms with Gasteiger partial charge in [-0.25, -0.2) is 4.68 Å². The van der Waals surface area contributed by atoms with E-state index >= 15 is 0 Å². The molecule has 19 heavy (non-hydrogen) atoms. The number of nitrogens with zero attached hydrogens (tertiary/aromatic N) is 4. The Morgan fingerprint density at radius 1 is 1.21 bits per heavy atom. The van der Waals surface area contributed by atoms with E-state index in [0.717, 1.165) is 50.4 Å². The van der Waals surface area contributed by atoms with Crippen molar-refractivity contribution < 1.29 is 4.74 Å². The second-order valence-electron chi connectivity index (χ2n) is 4.69. The van der Waals surface area contributed by atoms with Crippen LogP contribution in [-0.4, -0.2) is 59.3 Å². The summed E-state index contributed by atoms with van der Waals surface area (Å²) in [7, 11) is 0. The minimum atomic E-state index is 0.699. The van der Waals surface area contributed by atoms with Crippen LogP contribution < -0.4 is 5.32 Å². The molecular formula is C13H19N5O. The monoisotopic (exact) mass is 261 g/mol. The summed E-state index contributed by atoms with van der Waals surface area (Å²) < 4.78 is 7.23. The van der Waals surface area contributed by atoms with Crippen molar-refractivity contribution in [3.05, 3.63) is 24.3 Å². The number of hydrogen-bond donors (Lipinski definition) is 1. The zero-order valence-electron chi connectivity index (χ0n) is 11.0. The van der Waals surface area contributed by atoms with Gasteiger partial charge in [-0.15, -0.1) is 5.10 Å². The lowest BCUT2D eigenvalue weighted by molar-refractivity contribution is 0.0382. The summed E-state index contributed by atoms with van der Waals surface area (Å²) in [6.45, 7) is 6.48. The van der Waals surface area contributed by atoms with E-state index in [4.69, 9.17) is 4.74 Å². The average molecular weight is 261 g/mol. The molecule has 0 bridgehead atoms. The molecule has 3 rings (SSSR count). The molecule has 6 heteroatoms. The summed E-state index contributed by atoms with van der Waals surface area (Å²) in [4.78, 5) is 2.41. The normalized spacial score (nSPS) is 17.1. The Labute approximate surface area is 112 Å². The van der Waals surface area contributed by atoms with Gasteiger partial charge >= 0.3 is 0 Å². The molecule has 0 spiro atoms. The maximum Gasteiger partial charge on any atom is 0.113 e. The first-order valence-electron chi connectivity index (χ1n) is 6.72. The van der Waals surface area contributed by atoms with Crippen molar-refractivity contribution in [2.75, 3.05) is 39.4 Å². The molecule has 2 aromatic rings. The summed E-state index contributed by atoms with van der Waals surface area (Å²) in [5, 5.41) is 11.7. The Balaban J connectivity index is 1.47. The third kappa shape index (κ3) is 3.09. The van der Waals surface area contributed by atoms with Crippen LogP contribution in [0.25, 0.3) is 11.0 Å². The molecule has 1 aliphatic heterocycles. The first kappa shape index (κ1) is 12.5. The van der Waals surface area contributed by atoms with Gasteiger partial charge in [0.15, 0.2) is 0 Å². The summed E-state index contributed by atoms with van der Waals surface area (Å²) in [5.74, 6) is 0. The fraction of sp³-hybridized carbons (Fsp3) is 0.538. The molecule has 1 aromatic heterocycles. The molecule has 102 valence electrons. The highest BCUT2D eigenvalue weighted by Crippen LogP contribution is 2.08. The van der Waals surface area contributed by atoms with E-state index in [1.165, 1.54) is 0 Å². The van der Waals surface area contributed by atoms with Crippen LogP contribution in [0.4, 0.5) is 0 Å². The second-order valence-corrected chi connectivity index (χ2v) is 4.69. The largest absolute Gasteiger partial charge is 0.379 e. The number of para-hydroxylation sites is 1. The van der Waals surface area contributed by atoms with Gasteiger partial charge in [0.2, 0.25) is 0 Å². The predicted molar refractivity (Wildman–Crippen MR) is 72.8 cm³/mol. The topological polar surface area (TPSA) is 55.2 Å². The lowest BCUT2D eigenvalue weighted by atomic mass is 10.3. The van der Waals surface area contributed by atoms with E-state index in [2.05, 4.69) is 20.5 Å². The standard InChI is InChI=1S/C13H19N5O/c1-2-4-13-12(3-1)15-16-18(13)11-14-5-6-17-7-9-19-10-8-17/h1-4,14H,5-11H2. The van der Waals surface area contributed by atoms with Crippen LogP contribution in [0.5, 0.6) is 0 Å². The van der Waals surface area contributed by atoms with Crippen molar-refractivity contribution in [2.45, 2.75) is 6.67 Å². The maximum absolute atomic E-state index is 5.33. The molecule has 0 amide bonds. The lowest BCUT2D eigenvalue weighted by Crippen LogP contribution is -2.40. The van der Waals surface area contributed by atoms with Gasteiger partial charge in [0, 0.05) is 26.2 Å². The number of ether oxygens (including phenoxy) is 1. The number of morpholine rings is 1. The molecule has 0 radical (unpaired) electrons. The summed E-state index contributed by atoms with van der Waals surface area (Å²) >= 11 is 0. The first-order valence-corrected chi connectivity index (χ1v) is 6.72. The van der Waals surface area contributed by atoms with Gasteiger partial charge in [0.05, 0.1) is 25.4 Å². The minimum Gasteiger partial charge on any atom is -0.379 e. The molecular weight excluding hydrogens is 242 g/mol. The molecule has 0 unspecified atom stereocenters. The van der Waals surface area contributed by atoms with Crippen LogP contribution in [0.15, 0.2) is 24.3 Å². The van der Waals surface area contributed by atoms with Crippen molar-refractivity contribution >= 4 is 11.0 Å². The fourth-order valence-electron chi connectivity index (χ4n) is 2.28. The van der Waals surface area contributed by atoms with Crippen LogP contribution in [0.3, 0.4) is 0 Å². The van der Waals surface area contributed by atoms with Crippen molar-refractivity contribution in [1.29, 1.82) is 0 Å². The third-order valence-electron chi connectivity index (χ3n) is 3.39. The van der Waals surface area contributed by atoms with Gasteiger partial charge in [0.25, 0.3) is 0 Å². The molecule has 1 N–H and O–H groups in total. The van der Waals surface area contributed by atoms with E-state index in [9.17, 15) is 0 Å². The van der Waals surface area contributed by atoms with Gasteiger partial charge in [-0.2, -0.15) is 0 Å². The maximum atomic E-state index is 5.33. The number of benzene rings is 1. The van der Waals surface area contributed by atoms with Crippen LogP contribution >= 0.6 is 0 Å². The lowest BCUT2D eigenvalue weighted by Gasteiger charge is -2.26. The Hall–Kier alpha value is -1.50. The van der Waals surface area contributed by atoms with Crippen LogP contribution in [0.2, 0.25) is 0 Å². The fourth-order valence-corrected chi connectivity index (χ4v) is 2.28. The van der Waals surface area contributed by atoms with E-state index in [0.29, 0.717) is 6.67 Å². The van der Waals surface area contributed by atoms with Gasteiger partial charge in [0.1, 0.15) is 5.52 Å². The van der Waals surface area contributed by atoms with Crippen molar-refractivity contribution in [1.82, 2.24) is 25.2 Å².